The number of nitrogens with zero attached hydrogens (tertiary/aromatic N) is 1. The minimum absolute atomic E-state index is 0.122. The number of aryl methyl sites for hydroxylation is 1. The zero-order valence-corrected chi connectivity index (χ0v) is 17.6. The molecule has 8 heteroatoms. The van der Waals surface area contributed by atoms with Crippen LogP contribution >= 0.6 is 11.6 Å². The fraction of sp³-hybridized carbons (Fsp3) is 0.167. The fourth-order valence-electron chi connectivity index (χ4n) is 4.09. The number of carbonyl (C=O) groups excluding carboxylic acids is 2. The van der Waals surface area contributed by atoms with Gasteiger partial charge in [0.25, 0.3) is 11.7 Å². The van der Waals surface area contributed by atoms with E-state index in [1.807, 2.05) is 0 Å². The Morgan fingerprint density at radius 1 is 1.16 bits per heavy atom. The van der Waals surface area contributed by atoms with Crippen molar-refractivity contribution in [2.24, 2.45) is 0 Å². The van der Waals surface area contributed by atoms with Crippen molar-refractivity contribution < 1.29 is 28.2 Å². The smallest absolute Gasteiger partial charge is 0.300 e. The van der Waals surface area contributed by atoms with Gasteiger partial charge in [0.05, 0.1) is 17.2 Å². The average molecular weight is 454 g/mol. The zero-order chi connectivity index (χ0) is 22.6. The first-order valence-electron chi connectivity index (χ1n) is 9.93. The third-order valence-electron chi connectivity index (χ3n) is 5.62. The predicted molar refractivity (Wildman–Crippen MR) is 115 cm³/mol. The van der Waals surface area contributed by atoms with Crippen LogP contribution in [0.5, 0.6) is 5.75 Å². The molecule has 1 amide bonds. The molecule has 0 bridgehead atoms. The second kappa shape index (κ2) is 7.53. The predicted octanol–water partition coefficient (Wildman–Crippen LogP) is 4.94. The third kappa shape index (κ3) is 3.17. The van der Waals surface area contributed by atoms with Crippen LogP contribution in [0.25, 0.3) is 5.76 Å². The number of halogens is 2. The highest BCUT2D eigenvalue weighted by molar-refractivity contribution is 6.51. The summed E-state index contributed by atoms with van der Waals surface area (Å²) in [5.74, 6) is -1.16. The van der Waals surface area contributed by atoms with Gasteiger partial charge >= 0.3 is 0 Å². The summed E-state index contributed by atoms with van der Waals surface area (Å²) in [4.78, 5) is 27.3. The summed E-state index contributed by atoms with van der Waals surface area (Å²) in [5.41, 5.74) is 1.37. The molecule has 3 aromatic rings. The van der Waals surface area contributed by atoms with E-state index in [4.69, 9.17) is 20.8 Å². The molecule has 0 spiro atoms. The Kier molecular flexibility index (Phi) is 4.78. The number of hydrogen-bond acceptors (Lipinski definition) is 5. The maximum absolute atomic E-state index is 13.7. The van der Waals surface area contributed by atoms with Crippen LogP contribution in [0.15, 0.2) is 58.5 Å². The largest absolute Gasteiger partial charge is 0.507 e. The van der Waals surface area contributed by atoms with Crippen LogP contribution in [-0.4, -0.2) is 23.4 Å². The number of hydrogen-bond donors (Lipinski definition) is 1. The van der Waals surface area contributed by atoms with Crippen molar-refractivity contribution in [2.45, 2.75) is 19.4 Å². The van der Waals surface area contributed by atoms with Crippen molar-refractivity contribution in [3.8, 4) is 5.75 Å². The maximum atomic E-state index is 13.7. The van der Waals surface area contributed by atoms with E-state index in [1.165, 1.54) is 12.1 Å². The molecule has 2 aliphatic heterocycles. The number of benzene rings is 2. The normalized spacial score (nSPS) is 19.3. The van der Waals surface area contributed by atoms with E-state index in [-0.39, 0.29) is 27.8 Å². The van der Waals surface area contributed by atoms with Crippen LogP contribution in [0.2, 0.25) is 5.02 Å². The van der Waals surface area contributed by atoms with Gasteiger partial charge in [-0.3, -0.25) is 14.5 Å². The van der Waals surface area contributed by atoms with Gasteiger partial charge in [-0.15, -0.1) is 0 Å². The van der Waals surface area contributed by atoms with Crippen molar-refractivity contribution in [3.63, 3.8) is 0 Å². The second-order valence-electron chi connectivity index (χ2n) is 7.64. The number of carbonyl (C=O) groups is 2. The summed E-state index contributed by atoms with van der Waals surface area (Å²) in [5, 5.41) is 11.0. The third-order valence-corrected chi connectivity index (χ3v) is 5.91. The number of aliphatic hydroxyl groups excluding tert-OH is 1. The number of ketones is 1. The zero-order valence-electron chi connectivity index (χ0n) is 16.9. The number of amides is 1. The quantitative estimate of drug-likeness (QED) is 0.345. The van der Waals surface area contributed by atoms with Crippen LogP contribution in [0.4, 0.5) is 10.1 Å². The first-order chi connectivity index (χ1) is 15.3. The molecule has 2 aromatic carbocycles. The summed E-state index contributed by atoms with van der Waals surface area (Å²) in [6.45, 7) is 2.27. The number of rotatable bonds is 3. The van der Waals surface area contributed by atoms with E-state index < -0.39 is 23.5 Å². The highest BCUT2D eigenvalue weighted by Gasteiger charge is 2.48. The van der Waals surface area contributed by atoms with Gasteiger partial charge < -0.3 is 14.3 Å². The van der Waals surface area contributed by atoms with Crippen molar-refractivity contribution in [3.05, 3.63) is 87.6 Å². The monoisotopic (exact) mass is 453 g/mol. The summed E-state index contributed by atoms with van der Waals surface area (Å²) >= 11 is 5.93. The number of furan rings is 1. The van der Waals surface area contributed by atoms with Crippen molar-refractivity contribution in [2.75, 3.05) is 11.5 Å². The van der Waals surface area contributed by atoms with Gasteiger partial charge in [0.15, 0.2) is 0 Å². The highest BCUT2D eigenvalue weighted by Crippen LogP contribution is 2.43. The molecule has 1 saturated heterocycles. The summed E-state index contributed by atoms with van der Waals surface area (Å²) in [6, 6.07) is 11.1. The molecule has 5 rings (SSSR count). The van der Waals surface area contributed by atoms with Crippen molar-refractivity contribution in [1.29, 1.82) is 0 Å². The van der Waals surface area contributed by atoms with Crippen LogP contribution in [0.3, 0.4) is 0 Å². The minimum Gasteiger partial charge on any atom is -0.507 e. The molecule has 32 heavy (non-hydrogen) atoms. The van der Waals surface area contributed by atoms with Gasteiger partial charge in [0.1, 0.15) is 34.9 Å². The summed E-state index contributed by atoms with van der Waals surface area (Å²) < 4.78 is 25.0. The lowest BCUT2D eigenvalue weighted by molar-refractivity contribution is -0.132. The van der Waals surface area contributed by atoms with E-state index >= 15 is 0 Å². The first kappa shape index (κ1) is 20.3. The second-order valence-corrected chi connectivity index (χ2v) is 8.04. The SMILES string of the molecule is Cc1ccc(C2/C(=C(/O)c3ccc4c(c3)CCO4)C(=O)C(=O)N2c2ccc(F)c(Cl)c2)o1. The number of ether oxygens (including phenoxy) is 1. The molecule has 0 aliphatic carbocycles. The molecule has 6 nitrogen and oxygen atoms in total. The number of Topliss-reactive ketones (excluding diaryl/α,β-unsaturated/α-hetero) is 1. The van der Waals surface area contributed by atoms with E-state index in [9.17, 15) is 19.1 Å². The maximum Gasteiger partial charge on any atom is 0.300 e. The number of anilines is 1. The Morgan fingerprint density at radius 2 is 1.97 bits per heavy atom. The van der Waals surface area contributed by atoms with Crippen molar-refractivity contribution in [1.82, 2.24) is 0 Å². The van der Waals surface area contributed by atoms with E-state index in [0.717, 1.165) is 22.3 Å². The Hall–Kier alpha value is -3.58. The van der Waals surface area contributed by atoms with Crippen molar-refractivity contribution >= 4 is 34.7 Å². The van der Waals surface area contributed by atoms with E-state index in [1.54, 1.807) is 37.3 Å². The molecule has 0 saturated carbocycles. The lowest BCUT2D eigenvalue weighted by Crippen LogP contribution is -2.29. The lowest BCUT2D eigenvalue weighted by atomic mass is 9.98. The molecule has 3 heterocycles. The fourth-order valence-corrected chi connectivity index (χ4v) is 4.27. The van der Waals surface area contributed by atoms with Gasteiger partial charge in [0, 0.05) is 17.7 Å². The van der Waals surface area contributed by atoms with Gasteiger partial charge in [-0.05, 0) is 61.0 Å². The molecule has 1 atom stereocenters. The van der Waals surface area contributed by atoms with Crippen LogP contribution in [0.1, 0.15) is 28.7 Å². The molecule has 1 aromatic heterocycles. The molecule has 1 unspecified atom stereocenters. The van der Waals surface area contributed by atoms with E-state index in [2.05, 4.69) is 0 Å². The molecular weight excluding hydrogens is 437 g/mol. The topological polar surface area (TPSA) is 80.0 Å². The Bertz CT molecular complexity index is 1310. The molecule has 1 fully saturated rings. The van der Waals surface area contributed by atoms with Gasteiger partial charge in [0.2, 0.25) is 0 Å². The Morgan fingerprint density at radius 3 is 2.69 bits per heavy atom. The molecular formula is C24H17ClFNO5. The Labute approximate surface area is 187 Å². The van der Waals surface area contributed by atoms with Gasteiger partial charge in [-0.25, -0.2) is 4.39 Å². The molecule has 0 radical (unpaired) electrons. The highest BCUT2D eigenvalue weighted by atomic mass is 35.5. The Balaban J connectivity index is 1.70. The van der Waals surface area contributed by atoms with Gasteiger partial charge in [-0.1, -0.05) is 11.6 Å². The summed E-state index contributed by atoms with van der Waals surface area (Å²) in [7, 11) is 0. The molecule has 2 aliphatic rings. The van der Waals surface area contributed by atoms with Crippen LogP contribution < -0.4 is 9.64 Å². The average Bonchev–Trinajstić information content (AvgIpc) is 3.48. The molecule has 162 valence electrons. The number of aliphatic hydroxyl groups is 1. The van der Waals surface area contributed by atoms with Gasteiger partial charge in [-0.2, -0.15) is 0 Å². The minimum atomic E-state index is -1.05. The summed E-state index contributed by atoms with van der Waals surface area (Å²) in [6.07, 6.45) is 0.680. The lowest BCUT2D eigenvalue weighted by Gasteiger charge is -2.23. The molecule has 1 N–H and O–H groups in total. The first-order valence-corrected chi connectivity index (χ1v) is 10.3. The number of fused-ring (bicyclic) bond motifs is 1. The standard InChI is InChI=1S/C24H17ClFNO5/c1-12-2-6-19(32-12)21-20(22(28)14-3-7-18-13(10-14)8-9-31-18)23(29)24(30)27(21)15-4-5-17(26)16(25)11-15/h2-7,10-11,21,28H,8-9H2,1H3/b22-20-. The van der Waals surface area contributed by atoms with Crippen LogP contribution in [-0.2, 0) is 16.0 Å². The van der Waals surface area contributed by atoms with E-state index in [0.29, 0.717) is 24.4 Å². The van der Waals surface area contributed by atoms with Crippen LogP contribution in [0, 0.1) is 12.7 Å².